The van der Waals surface area contributed by atoms with Gasteiger partial charge >= 0.3 is 0 Å². The van der Waals surface area contributed by atoms with E-state index in [-0.39, 0.29) is 0 Å². The van der Waals surface area contributed by atoms with E-state index >= 15 is 0 Å². The fourth-order valence-corrected chi connectivity index (χ4v) is 3.26. The Labute approximate surface area is 162 Å². The first-order valence-electron chi connectivity index (χ1n) is 8.29. The predicted molar refractivity (Wildman–Crippen MR) is 111 cm³/mol. The maximum absolute atomic E-state index is 6.23. The van der Waals surface area contributed by atoms with E-state index in [0.29, 0.717) is 10.0 Å². The molecule has 4 rings (SSSR count). The zero-order valence-electron chi connectivity index (χ0n) is 13.9. The molecule has 126 valence electrons. The Hall–Kier alpha value is -2.61. The van der Waals surface area contributed by atoms with E-state index in [1.54, 1.807) is 6.07 Å². The van der Waals surface area contributed by atoms with Gasteiger partial charge in [0.05, 0.1) is 15.7 Å². The van der Waals surface area contributed by atoms with Gasteiger partial charge in [0.2, 0.25) is 0 Å². The zero-order chi connectivity index (χ0) is 17.9. The first-order chi connectivity index (χ1) is 12.7. The first-order valence-corrected chi connectivity index (χ1v) is 9.04. The van der Waals surface area contributed by atoms with Crippen molar-refractivity contribution in [3.05, 3.63) is 101 Å². The lowest BCUT2D eigenvalue weighted by molar-refractivity contribution is 1.32. The molecule has 1 heterocycles. The van der Waals surface area contributed by atoms with Crippen LogP contribution in [-0.4, -0.2) is 4.98 Å². The highest BCUT2D eigenvalue weighted by Gasteiger charge is 2.12. The summed E-state index contributed by atoms with van der Waals surface area (Å²) in [6.07, 6.45) is 1.90. The summed E-state index contributed by atoms with van der Waals surface area (Å²) in [5.74, 6) is 0. The second-order valence-electron chi connectivity index (χ2n) is 5.98. The number of halogens is 2. The fraction of sp³-hybridized carbons (Fsp3) is 0. The highest BCUT2D eigenvalue weighted by atomic mass is 35.5. The number of aromatic nitrogens is 1. The van der Waals surface area contributed by atoms with E-state index < -0.39 is 0 Å². The molecule has 0 atom stereocenters. The van der Waals surface area contributed by atoms with Gasteiger partial charge in [-0.25, -0.2) is 0 Å². The molecule has 1 nitrogen and oxygen atoms in total. The minimum atomic E-state index is 0.525. The van der Waals surface area contributed by atoms with Crippen molar-refractivity contribution in [3.8, 4) is 33.5 Å². The Morgan fingerprint density at radius 3 is 1.85 bits per heavy atom. The Kier molecular flexibility index (Phi) is 4.75. The van der Waals surface area contributed by atoms with Crippen molar-refractivity contribution in [1.82, 2.24) is 4.98 Å². The summed E-state index contributed by atoms with van der Waals surface area (Å²) in [6.45, 7) is 0. The van der Waals surface area contributed by atoms with Crippen LogP contribution in [0.25, 0.3) is 33.5 Å². The molecule has 0 unspecified atom stereocenters. The van der Waals surface area contributed by atoms with Gasteiger partial charge in [-0.1, -0.05) is 89.9 Å². The van der Waals surface area contributed by atoms with Crippen molar-refractivity contribution < 1.29 is 0 Å². The Morgan fingerprint density at radius 2 is 1.19 bits per heavy atom. The molecule has 3 aromatic carbocycles. The minimum absolute atomic E-state index is 0.525. The lowest BCUT2D eigenvalue weighted by Gasteiger charge is -2.12. The smallest absolute Gasteiger partial charge is 0.0781 e. The Bertz CT molecular complexity index is 1040. The van der Waals surface area contributed by atoms with Crippen molar-refractivity contribution in [2.24, 2.45) is 0 Å². The number of hydrogen-bond donors (Lipinski definition) is 0. The van der Waals surface area contributed by atoms with Crippen LogP contribution in [0.4, 0.5) is 0 Å². The predicted octanol–water partition coefficient (Wildman–Crippen LogP) is 7.39. The topological polar surface area (TPSA) is 12.9 Å². The van der Waals surface area contributed by atoms with Crippen LogP contribution in [0.3, 0.4) is 0 Å². The molecular weight excluding hydrogens is 361 g/mol. The third-order valence-electron chi connectivity index (χ3n) is 4.27. The molecular formula is C23H15Cl2N. The molecule has 0 radical (unpaired) electrons. The summed E-state index contributed by atoms with van der Waals surface area (Å²) in [6, 6.07) is 28.3. The maximum atomic E-state index is 6.23. The van der Waals surface area contributed by atoms with Crippen LogP contribution in [-0.2, 0) is 0 Å². The van der Waals surface area contributed by atoms with E-state index in [0.717, 1.165) is 33.5 Å². The summed E-state index contributed by atoms with van der Waals surface area (Å²) in [5, 5.41) is 1.06. The number of benzene rings is 3. The standard InChI is InChI=1S/C23H15Cl2N/c24-21-12-11-18(14-22(21)25)23-20(17-9-5-2-6-10-17)13-19(15-26-23)16-7-3-1-4-8-16/h1-15H. The SMILES string of the molecule is Clc1ccc(-c2ncc(-c3ccccc3)cc2-c2ccccc2)cc1Cl. The highest BCUT2D eigenvalue weighted by Crippen LogP contribution is 2.36. The van der Waals surface area contributed by atoms with Crippen molar-refractivity contribution >= 4 is 23.2 Å². The van der Waals surface area contributed by atoms with Gasteiger partial charge in [0, 0.05) is 22.9 Å². The van der Waals surface area contributed by atoms with Gasteiger partial charge in [0.25, 0.3) is 0 Å². The third-order valence-corrected chi connectivity index (χ3v) is 5.01. The van der Waals surface area contributed by atoms with E-state index in [2.05, 4.69) is 30.3 Å². The van der Waals surface area contributed by atoms with Crippen LogP contribution >= 0.6 is 23.2 Å². The summed E-state index contributed by atoms with van der Waals surface area (Å²) < 4.78 is 0. The highest BCUT2D eigenvalue weighted by molar-refractivity contribution is 6.42. The number of pyridine rings is 1. The molecule has 26 heavy (non-hydrogen) atoms. The Balaban J connectivity index is 1.92. The maximum Gasteiger partial charge on any atom is 0.0781 e. The summed E-state index contributed by atoms with van der Waals surface area (Å²) in [5.41, 5.74) is 6.21. The molecule has 0 N–H and O–H groups in total. The number of hydrogen-bond acceptors (Lipinski definition) is 1. The van der Waals surface area contributed by atoms with Gasteiger partial charge < -0.3 is 0 Å². The summed E-state index contributed by atoms with van der Waals surface area (Å²) in [7, 11) is 0. The average Bonchev–Trinajstić information content (AvgIpc) is 2.71. The van der Waals surface area contributed by atoms with E-state index in [4.69, 9.17) is 28.2 Å². The normalized spacial score (nSPS) is 10.7. The number of nitrogens with zero attached hydrogens (tertiary/aromatic N) is 1. The molecule has 3 heteroatoms. The lowest BCUT2D eigenvalue weighted by atomic mass is 9.96. The second-order valence-corrected chi connectivity index (χ2v) is 6.80. The molecule has 0 saturated carbocycles. The minimum Gasteiger partial charge on any atom is -0.255 e. The van der Waals surface area contributed by atoms with Crippen LogP contribution in [0.1, 0.15) is 0 Å². The van der Waals surface area contributed by atoms with Crippen LogP contribution in [0, 0.1) is 0 Å². The first kappa shape index (κ1) is 16.8. The molecule has 0 bridgehead atoms. The molecule has 0 aliphatic carbocycles. The largest absolute Gasteiger partial charge is 0.255 e. The molecule has 0 aliphatic heterocycles. The van der Waals surface area contributed by atoms with Crippen molar-refractivity contribution in [2.75, 3.05) is 0 Å². The molecule has 4 aromatic rings. The van der Waals surface area contributed by atoms with Crippen LogP contribution in [0.5, 0.6) is 0 Å². The van der Waals surface area contributed by atoms with Crippen LogP contribution < -0.4 is 0 Å². The van der Waals surface area contributed by atoms with Gasteiger partial charge in [-0.2, -0.15) is 0 Å². The lowest BCUT2D eigenvalue weighted by Crippen LogP contribution is -1.91. The quantitative estimate of drug-likeness (QED) is 0.363. The van der Waals surface area contributed by atoms with Crippen molar-refractivity contribution in [1.29, 1.82) is 0 Å². The van der Waals surface area contributed by atoms with E-state index in [9.17, 15) is 0 Å². The van der Waals surface area contributed by atoms with Gasteiger partial charge in [0.1, 0.15) is 0 Å². The monoisotopic (exact) mass is 375 g/mol. The van der Waals surface area contributed by atoms with Crippen molar-refractivity contribution in [2.45, 2.75) is 0 Å². The fourth-order valence-electron chi connectivity index (χ4n) is 2.96. The zero-order valence-corrected chi connectivity index (χ0v) is 15.4. The molecule has 0 fully saturated rings. The van der Waals surface area contributed by atoms with E-state index in [1.165, 1.54) is 0 Å². The molecule has 1 aromatic heterocycles. The summed E-state index contributed by atoms with van der Waals surface area (Å²) in [4.78, 5) is 4.77. The molecule has 0 amide bonds. The van der Waals surface area contributed by atoms with Gasteiger partial charge in [0.15, 0.2) is 0 Å². The van der Waals surface area contributed by atoms with E-state index in [1.807, 2.05) is 54.7 Å². The third kappa shape index (κ3) is 3.37. The number of rotatable bonds is 3. The molecule has 0 saturated heterocycles. The second kappa shape index (κ2) is 7.33. The summed E-state index contributed by atoms with van der Waals surface area (Å²) >= 11 is 12.3. The van der Waals surface area contributed by atoms with Crippen LogP contribution in [0.2, 0.25) is 10.0 Å². The van der Waals surface area contributed by atoms with Gasteiger partial charge in [-0.15, -0.1) is 0 Å². The van der Waals surface area contributed by atoms with Gasteiger partial charge in [-0.3, -0.25) is 4.98 Å². The van der Waals surface area contributed by atoms with Crippen molar-refractivity contribution in [3.63, 3.8) is 0 Å². The van der Waals surface area contributed by atoms with Crippen LogP contribution in [0.15, 0.2) is 91.1 Å². The molecule has 0 spiro atoms. The van der Waals surface area contributed by atoms with Gasteiger partial charge in [-0.05, 0) is 29.3 Å². The Morgan fingerprint density at radius 1 is 0.538 bits per heavy atom. The average molecular weight is 376 g/mol. The molecule has 0 aliphatic rings.